The third kappa shape index (κ3) is 5.24. The summed E-state index contributed by atoms with van der Waals surface area (Å²) < 4.78 is 31.4. The number of rotatable bonds is 8. The van der Waals surface area contributed by atoms with Gasteiger partial charge in [-0.3, -0.25) is 4.79 Å². The second-order valence-corrected chi connectivity index (χ2v) is 7.75. The number of carbonyl (C=O) groups is 2. The van der Waals surface area contributed by atoms with Gasteiger partial charge < -0.3 is 4.74 Å². The number of aryl methyl sites for hydroxylation is 1. The number of sulfonamides is 1. The molecule has 0 aliphatic heterocycles. The molecule has 0 spiro atoms. The van der Waals surface area contributed by atoms with E-state index in [0.29, 0.717) is 5.56 Å². The highest BCUT2D eigenvalue weighted by Gasteiger charge is 2.21. The molecule has 144 valence electrons. The van der Waals surface area contributed by atoms with Gasteiger partial charge in [-0.15, -0.1) is 0 Å². The largest absolute Gasteiger partial charge is 0.451 e. The molecule has 2 aromatic carbocycles. The minimum atomic E-state index is -3.59. The van der Waals surface area contributed by atoms with Crippen LogP contribution in [0.15, 0.2) is 53.4 Å². The van der Waals surface area contributed by atoms with E-state index in [4.69, 9.17) is 4.74 Å². The van der Waals surface area contributed by atoms with Gasteiger partial charge in [0.15, 0.2) is 6.10 Å². The van der Waals surface area contributed by atoms with Gasteiger partial charge in [-0.1, -0.05) is 38.1 Å². The van der Waals surface area contributed by atoms with E-state index in [1.165, 1.54) is 31.2 Å². The standard InChI is InChI=1S/C20H23NO5S/c1-4-15-6-8-16(9-7-15)19(22)14(3)26-20(23)17-10-12-18(13-11-17)27(24,25)21-5-2/h6-14,21H,4-5H2,1-3H3. The fourth-order valence-corrected chi connectivity index (χ4v) is 3.51. The van der Waals surface area contributed by atoms with Crippen LogP contribution in [0.2, 0.25) is 0 Å². The lowest BCUT2D eigenvalue weighted by Crippen LogP contribution is -2.25. The number of hydrogen-bond donors (Lipinski definition) is 1. The Bertz CT molecular complexity index is 902. The van der Waals surface area contributed by atoms with Gasteiger partial charge in [-0.05, 0) is 43.2 Å². The monoisotopic (exact) mass is 389 g/mol. The van der Waals surface area contributed by atoms with E-state index < -0.39 is 22.1 Å². The van der Waals surface area contributed by atoms with E-state index in [1.54, 1.807) is 19.1 Å². The third-order valence-electron chi connectivity index (χ3n) is 4.03. The molecule has 0 aliphatic carbocycles. The first-order valence-electron chi connectivity index (χ1n) is 8.72. The zero-order chi connectivity index (χ0) is 20.0. The lowest BCUT2D eigenvalue weighted by Gasteiger charge is -2.13. The quantitative estimate of drug-likeness (QED) is 0.554. The van der Waals surface area contributed by atoms with Crippen LogP contribution < -0.4 is 4.72 Å². The van der Waals surface area contributed by atoms with Crippen LogP contribution in [0, 0.1) is 0 Å². The van der Waals surface area contributed by atoms with Gasteiger partial charge in [0.25, 0.3) is 0 Å². The fourth-order valence-electron chi connectivity index (χ4n) is 2.47. The molecule has 1 N–H and O–H groups in total. The molecule has 1 unspecified atom stereocenters. The Labute approximate surface area is 159 Å². The summed E-state index contributed by atoms with van der Waals surface area (Å²) in [6.07, 6.45) is -0.0754. The van der Waals surface area contributed by atoms with Gasteiger partial charge in [0.05, 0.1) is 10.5 Å². The molecule has 0 bridgehead atoms. The Kier molecular flexibility index (Phi) is 6.87. The van der Waals surface area contributed by atoms with Crippen LogP contribution in [0.5, 0.6) is 0 Å². The molecule has 0 saturated carbocycles. The zero-order valence-corrected chi connectivity index (χ0v) is 16.4. The predicted molar refractivity (Wildman–Crippen MR) is 102 cm³/mol. The summed E-state index contributed by atoms with van der Waals surface area (Å²) in [6, 6.07) is 12.5. The summed E-state index contributed by atoms with van der Waals surface area (Å²) in [6.45, 7) is 5.48. The highest BCUT2D eigenvalue weighted by atomic mass is 32.2. The second kappa shape index (κ2) is 8.92. The maximum atomic E-state index is 12.4. The first kappa shape index (κ1) is 20.8. The van der Waals surface area contributed by atoms with Crippen molar-refractivity contribution >= 4 is 21.8 Å². The van der Waals surface area contributed by atoms with Crippen molar-refractivity contribution in [3.63, 3.8) is 0 Å². The Morgan fingerprint density at radius 3 is 2.04 bits per heavy atom. The smallest absolute Gasteiger partial charge is 0.338 e. The van der Waals surface area contributed by atoms with Crippen LogP contribution >= 0.6 is 0 Å². The SMILES string of the molecule is CCNS(=O)(=O)c1ccc(C(=O)OC(C)C(=O)c2ccc(CC)cc2)cc1. The maximum Gasteiger partial charge on any atom is 0.338 e. The molecule has 0 radical (unpaired) electrons. The molecule has 7 heteroatoms. The Morgan fingerprint density at radius 2 is 1.52 bits per heavy atom. The van der Waals surface area contributed by atoms with E-state index in [1.807, 2.05) is 19.1 Å². The third-order valence-corrected chi connectivity index (χ3v) is 5.60. The summed E-state index contributed by atoms with van der Waals surface area (Å²) in [5.74, 6) is -0.981. The summed E-state index contributed by atoms with van der Waals surface area (Å²) in [7, 11) is -3.59. The van der Waals surface area contributed by atoms with Crippen molar-refractivity contribution in [3.8, 4) is 0 Å². The number of hydrogen-bond acceptors (Lipinski definition) is 5. The molecule has 2 rings (SSSR count). The van der Waals surface area contributed by atoms with E-state index >= 15 is 0 Å². The van der Waals surface area contributed by atoms with Crippen molar-refractivity contribution in [1.82, 2.24) is 4.72 Å². The molecule has 0 saturated heterocycles. The summed E-state index contributed by atoms with van der Waals surface area (Å²) in [5, 5.41) is 0. The van der Waals surface area contributed by atoms with Crippen molar-refractivity contribution in [2.45, 2.75) is 38.2 Å². The van der Waals surface area contributed by atoms with Crippen LogP contribution in [0.25, 0.3) is 0 Å². The van der Waals surface area contributed by atoms with Crippen molar-refractivity contribution in [2.24, 2.45) is 0 Å². The van der Waals surface area contributed by atoms with Gasteiger partial charge in [-0.2, -0.15) is 0 Å². The molecule has 2 aromatic rings. The maximum absolute atomic E-state index is 12.4. The predicted octanol–water partition coefficient (Wildman–Crippen LogP) is 2.98. The minimum absolute atomic E-state index is 0.0565. The van der Waals surface area contributed by atoms with E-state index in [-0.39, 0.29) is 22.8 Å². The number of Topliss-reactive ketones (excluding diaryl/α,β-unsaturated/α-hetero) is 1. The molecule has 1 atom stereocenters. The number of nitrogens with one attached hydrogen (secondary N) is 1. The Hall–Kier alpha value is -2.51. The van der Waals surface area contributed by atoms with Crippen molar-refractivity contribution in [1.29, 1.82) is 0 Å². The number of carbonyl (C=O) groups excluding carboxylic acids is 2. The van der Waals surface area contributed by atoms with Crippen LogP contribution in [-0.2, 0) is 21.2 Å². The molecule has 0 heterocycles. The number of esters is 1. The number of ether oxygens (including phenoxy) is 1. The minimum Gasteiger partial charge on any atom is -0.451 e. The molecule has 0 aliphatic rings. The molecular formula is C20H23NO5S. The topological polar surface area (TPSA) is 89.5 Å². The first-order chi connectivity index (χ1) is 12.8. The van der Waals surface area contributed by atoms with E-state index in [9.17, 15) is 18.0 Å². The molecule has 0 aromatic heterocycles. The van der Waals surface area contributed by atoms with Crippen LogP contribution in [0.4, 0.5) is 0 Å². The summed E-state index contributed by atoms with van der Waals surface area (Å²) >= 11 is 0. The number of benzene rings is 2. The molecule has 27 heavy (non-hydrogen) atoms. The molecular weight excluding hydrogens is 366 g/mol. The van der Waals surface area contributed by atoms with Gasteiger partial charge in [0, 0.05) is 12.1 Å². The fraction of sp³-hybridized carbons (Fsp3) is 0.300. The molecule has 0 amide bonds. The van der Waals surface area contributed by atoms with Crippen LogP contribution in [0.1, 0.15) is 47.1 Å². The summed E-state index contributed by atoms with van der Waals surface area (Å²) in [5.41, 5.74) is 1.76. The van der Waals surface area contributed by atoms with Crippen LogP contribution in [-0.4, -0.2) is 32.8 Å². The average molecular weight is 389 g/mol. The van der Waals surface area contributed by atoms with Crippen molar-refractivity contribution in [2.75, 3.05) is 6.54 Å². The number of ketones is 1. The highest BCUT2D eigenvalue weighted by Crippen LogP contribution is 2.14. The van der Waals surface area contributed by atoms with Gasteiger partial charge in [0.2, 0.25) is 15.8 Å². The Balaban J connectivity index is 2.06. The van der Waals surface area contributed by atoms with Gasteiger partial charge in [0.1, 0.15) is 0 Å². The average Bonchev–Trinajstić information content (AvgIpc) is 2.67. The van der Waals surface area contributed by atoms with E-state index in [0.717, 1.165) is 12.0 Å². The zero-order valence-electron chi connectivity index (χ0n) is 15.6. The van der Waals surface area contributed by atoms with Gasteiger partial charge >= 0.3 is 5.97 Å². The first-order valence-corrected chi connectivity index (χ1v) is 10.2. The van der Waals surface area contributed by atoms with Gasteiger partial charge in [-0.25, -0.2) is 17.9 Å². The van der Waals surface area contributed by atoms with E-state index in [2.05, 4.69) is 4.72 Å². The van der Waals surface area contributed by atoms with Crippen LogP contribution in [0.3, 0.4) is 0 Å². The Morgan fingerprint density at radius 1 is 0.963 bits per heavy atom. The van der Waals surface area contributed by atoms with Crippen molar-refractivity contribution in [3.05, 3.63) is 65.2 Å². The molecule has 0 fully saturated rings. The highest BCUT2D eigenvalue weighted by molar-refractivity contribution is 7.89. The lowest BCUT2D eigenvalue weighted by molar-refractivity contribution is 0.0318. The molecule has 6 nitrogen and oxygen atoms in total. The van der Waals surface area contributed by atoms with Crippen molar-refractivity contribution < 1.29 is 22.7 Å². The summed E-state index contributed by atoms with van der Waals surface area (Å²) in [4.78, 5) is 24.7. The lowest BCUT2D eigenvalue weighted by atomic mass is 10.0. The normalized spacial score (nSPS) is 12.4. The second-order valence-electron chi connectivity index (χ2n) is 5.99.